The third-order valence-electron chi connectivity index (χ3n) is 3.88. The number of likely N-dealkylation sites (N-methyl/N-ethyl adjacent to an activating group) is 1. The Labute approximate surface area is 170 Å². The molecule has 0 aliphatic carbocycles. The first-order valence-electron chi connectivity index (χ1n) is 8.40. The van der Waals surface area contributed by atoms with Crippen LogP contribution in [0.2, 0.25) is 0 Å². The van der Waals surface area contributed by atoms with Crippen molar-refractivity contribution in [3.8, 4) is 0 Å². The van der Waals surface area contributed by atoms with E-state index in [1.807, 2.05) is 22.2 Å². The summed E-state index contributed by atoms with van der Waals surface area (Å²) >= 11 is 2.91. The molecule has 0 aliphatic heterocycles. The van der Waals surface area contributed by atoms with Crippen molar-refractivity contribution in [2.45, 2.75) is 6.54 Å². The molecule has 0 saturated carbocycles. The van der Waals surface area contributed by atoms with E-state index in [2.05, 4.69) is 5.32 Å². The summed E-state index contributed by atoms with van der Waals surface area (Å²) in [4.78, 5) is 38.4. The van der Waals surface area contributed by atoms with Crippen LogP contribution in [0.3, 0.4) is 0 Å². The molecule has 2 aromatic heterocycles. The predicted molar refractivity (Wildman–Crippen MR) is 110 cm³/mol. The summed E-state index contributed by atoms with van der Waals surface area (Å²) in [5.74, 6) is -1.07. The Hall–Kier alpha value is -2.97. The number of hydrogen-bond acceptors (Lipinski definition) is 6. The summed E-state index contributed by atoms with van der Waals surface area (Å²) in [6, 6.07) is 11.8. The average Bonchev–Trinajstić information content (AvgIpc) is 3.40. The van der Waals surface area contributed by atoms with Gasteiger partial charge in [0, 0.05) is 19.3 Å². The van der Waals surface area contributed by atoms with Gasteiger partial charge in [-0.05, 0) is 58.1 Å². The summed E-state index contributed by atoms with van der Waals surface area (Å²) in [7, 11) is 1.67. The summed E-state index contributed by atoms with van der Waals surface area (Å²) < 4.78 is 5.10. The van der Waals surface area contributed by atoms with Crippen molar-refractivity contribution in [2.75, 3.05) is 19.0 Å². The van der Waals surface area contributed by atoms with E-state index in [1.54, 1.807) is 54.8 Å². The molecule has 0 aliphatic rings. The maximum absolute atomic E-state index is 12.1. The zero-order valence-corrected chi connectivity index (χ0v) is 16.7. The van der Waals surface area contributed by atoms with E-state index in [1.165, 1.54) is 16.2 Å². The molecule has 1 aromatic carbocycles. The fraction of sp³-hybridized carbons (Fsp3) is 0.150. The van der Waals surface area contributed by atoms with Crippen molar-refractivity contribution in [2.24, 2.45) is 0 Å². The number of thiophene rings is 2. The summed E-state index contributed by atoms with van der Waals surface area (Å²) in [6.07, 6.45) is 0. The van der Waals surface area contributed by atoms with Gasteiger partial charge in [-0.2, -0.15) is 11.3 Å². The number of anilines is 1. The number of hydrogen-bond donors (Lipinski definition) is 1. The van der Waals surface area contributed by atoms with Gasteiger partial charge in [0.1, 0.15) is 0 Å². The first kappa shape index (κ1) is 19.8. The average molecular weight is 415 g/mol. The van der Waals surface area contributed by atoms with Gasteiger partial charge in [0.2, 0.25) is 0 Å². The molecule has 0 spiro atoms. The number of amides is 2. The van der Waals surface area contributed by atoms with Crippen LogP contribution in [-0.4, -0.2) is 36.3 Å². The second-order valence-corrected chi connectivity index (χ2v) is 7.69. The van der Waals surface area contributed by atoms with Crippen molar-refractivity contribution >= 4 is 46.1 Å². The van der Waals surface area contributed by atoms with Crippen molar-refractivity contribution in [1.82, 2.24) is 4.90 Å². The maximum Gasteiger partial charge on any atom is 0.338 e. The van der Waals surface area contributed by atoms with Crippen LogP contribution in [0.5, 0.6) is 0 Å². The van der Waals surface area contributed by atoms with Crippen molar-refractivity contribution < 1.29 is 19.1 Å². The first-order valence-corrected chi connectivity index (χ1v) is 10.2. The Morgan fingerprint density at radius 2 is 1.86 bits per heavy atom. The molecule has 3 rings (SSSR count). The Kier molecular flexibility index (Phi) is 6.57. The normalized spacial score (nSPS) is 10.3. The molecule has 2 heterocycles. The molecule has 1 N–H and O–H groups in total. The predicted octanol–water partition coefficient (Wildman–Crippen LogP) is 3.88. The van der Waals surface area contributed by atoms with E-state index >= 15 is 0 Å². The molecule has 3 aromatic rings. The number of ether oxygens (including phenoxy) is 1. The first-order chi connectivity index (χ1) is 13.5. The van der Waals surface area contributed by atoms with Crippen LogP contribution in [0.25, 0.3) is 0 Å². The van der Waals surface area contributed by atoms with Crippen LogP contribution in [-0.2, 0) is 16.1 Å². The lowest BCUT2D eigenvalue weighted by Crippen LogP contribution is -2.30. The van der Waals surface area contributed by atoms with Crippen molar-refractivity contribution in [3.63, 3.8) is 0 Å². The lowest BCUT2D eigenvalue weighted by Gasteiger charge is -2.16. The third-order valence-corrected chi connectivity index (χ3v) is 5.48. The topological polar surface area (TPSA) is 75.7 Å². The Balaban J connectivity index is 1.49. The van der Waals surface area contributed by atoms with Crippen molar-refractivity contribution in [1.29, 1.82) is 0 Å². The molecule has 0 saturated heterocycles. The van der Waals surface area contributed by atoms with Crippen LogP contribution in [0.1, 0.15) is 25.6 Å². The minimum atomic E-state index is -0.589. The van der Waals surface area contributed by atoms with E-state index in [0.717, 1.165) is 5.56 Å². The smallest absolute Gasteiger partial charge is 0.338 e. The van der Waals surface area contributed by atoms with Gasteiger partial charge in [-0.3, -0.25) is 9.59 Å². The minimum Gasteiger partial charge on any atom is -0.452 e. The van der Waals surface area contributed by atoms with E-state index in [4.69, 9.17) is 4.74 Å². The Morgan fingerprint density at radius 1 is 1.07 bits per heavy atom. The highest BCUT2D eigenvalue weighted by Gasteiger charge is 2.14. The second-order valence-electron chi connectivity index (χ2n) is 5.97. The molecule has 0 bridgehead atoms. The molecular weight excluding hydrogens is 396 g/mol. The Morgan fingerprint density at radius 3 is 2.50 bits per heavy atom. The van der Waals surface area contributed by atoms with E-state index < -0.39 is 5.97 Å². The molecule has 0 atom stereocenters. The monoisotopic (exact) mass is 414 g/mol. The summed E-state index contributed by atoms with van der Waals surface area (Å²) in [5.41, 5.74) is 1.91. The van der Waals surface area contributed by atoms with Crippen molar-refractivity contribution in [3.05, 3.63) is 74.6 Å². The highest BCUT2D eigenvalue weighted by atomic mass is 32.1. The van der Waals surface area contributed by atoms with Crippen LogP contribution in [0.15, 0.2) is 58.6 Å². The molecule has 0 unspecified atom stereocenters. The number of carbonyl (C=O) groups is 3. The van der Waals surface area contributed by atoms with E-state index in [9.17, 15) is 14.4 Å². The molecule has 28 heavy (non-hydrogen) atoms. The van der Waals surface area contributed by atoms with Gasteiger partial charge in [0.05, 0.1) is 10.4 Å². The number of carbonyl (C=O) groups excluding carboxylic acids is 3. The van der Waals surface area contributed by atoms with E-state index in [-0.39, 0.29) is 18.4 Å². The van der Waals surface area contributed by atoms with Crippen LogP contribution >= 0.6 is 22.7 Å². The molecular formula is C20H18N2O4S2. The lowest BCUT2D eigenvalue weighted by molar-refractivity contribution is -0.133. The molecule has 144 valence electrons. The molecule has 6 nitrogen and oxygen atoms in total. The molecule has 0 fully saturated rings. The zero-order valence-electron chi connectivity index (χ0n) is 15.1. The molecule has 2 amide bonds. The Bertz CT molecular complexity index is 935. The van der Waals surface area contributed by atoms with Gasteiger partial charge in [0.25, 0.3) is 11.8 Å². The van der Waals surface area contributed by atoms with E-state index in [0.29, 0.717) is 22.7 Å². The highest BCUT2D eigenvalue weighted by Crippen LogP contribution is 2.15. The van der Waals surface area contributed by atoms with Crippen LogP contribution < -0.4 is 5.32 Å². The number of nitrogens with one attached hydrogen (secondary N) is 1. The SMILES string of the molecule is CN(Cc1ccsc1)C(=O)COC(=O)c1ccc(NC(=O)c2cccs2)cc1. The lowest BCUT2D eigenvalue weighted by atomic mass is 10.2. The highest BCUT2D eigenvalue weighted by molar-refractivity contribution is 7.12. The second kappa shape index (κ2) is 9.29. The van der Waals surface area contributed by atoms with Gasteiger partial charge in [-0.1, -0.05) is 6.07 Å². The van der Waals surface area contributed by atoms with Gasteiger partial charge < -0.3 is 15.0 Å². The largest absolute Gasteiger partial charge is 0.452 e. The van der Waals surface area contributed by atoms with Gasteiger partial charge in [0.15, 0.2) is 6.61 Å². The summed E-state index contributed by atoms with van der Waals surface area (Å²) in [5, 5.41) is 8.49. The number of benzene rings is 1. The summed E-state index contributed by atoms with van der Waals surface area (Å²) in [6.45, 7) is 0.148. The standard InChI is InChI=1S/C20H18N2O4S2/c1-22(11-14-8-10-27-13-14)18(23)12-26-20(25)15-4-6-16(7-5-15)21-19(24)17-3-2-9-28-17/h2-10,13H,11-12H2,1H3,(H,21,24). The molecule has 8 heteroatoms. The number of esters is 1. The quantitative estimate of drug-likeness (QED) is 0.596. The van der Waals surface area contributed by atoms with Gasteiger partial charge in [-0.25, -0.2) is 4.79 Å². The zero-order chi connectivity index (χ0) is 19.9. The molecule has 0 radical (unpaired) electrons. The van der Waals surface area contributed by atoms with Crippen LogP contribution in [0.4, 0.5) is 5.69 Å². The third kappa shape index (κ3) is 5.28. The van der Waals surface area contributed by atoms with Gasteiger partial charge >= 0.3 is 5.97 Å². The van der Waals surface area contributed by atoms with Crippen LogP contribution in [0, 0.1) is 0 Å². The minimum absolute atomic E-state index is 0.204. The number of nitrogens with zero attached hydrogens (tertiary/aromatic N) is 1. The van der Waals surface area contributed by atoms with Gasteiger partial charge in [-0.15, -0.1) is 11.3 Å². The maximum atomic E-state index is 12.1. The fourth-order valence-electron chi connectivity index (χ4n) is 2.36. The fourth-order valence-corrected chi connectivity index (χ4v) is 3.63. The number of rotatable bonds is 7.